The Bertz CT molecular complexity index is 279. The van der Waals surface area contributed by atoms with E-state index in [-0.39, 0.29) is 0 Å². The van der Waals surface area contributed by atoms with Crippen LogP contribution in [0.2, 0.25) is 0 Å². The minimum atomic E-state index is -0.678. The van der Waals surface area contributed by atoms with E-state index in [1.165, 1.54) is 6.33 Å². The monoisotopic (exact) mass is 213 g/mol. The first-order valence-corrected chi connectivity index (χ1v) is 6.26. The predicted molar refractivity (Wildman–Crippen MR) is 57.3 cm³/mol. The highest BCUT2D eigenvalue weighted by atomic mass is 32.2. The van der Waals surface area contributed by atoms with Gasteiger partial charge in [-0.05, 0) is 13.0 Å². The highest BCUT2D eigenvalue weighted by Crippen LogP contribution is 1.91. The molecule has 0 fully saturated rings. The summed E-state index contributed by atoms with van der Waals surface area (Å²) in [7, 11) is -0.678. The van der Waals surface area contributed by atoms with Gasteiger partial charge in [0.25, 0.3) is 0 Å². The van der Waals surface area contributed by atoms with Crippen molar-refractivity contribution in [1.29, 1.82) is 0 Å². The normalized spacial score (nSPS) is 12.6. The molecule has 5 heteroatoms. The molecule has 0 aromatic carbocycles. The van der Waals surface area contributed by atoms with E-state index in [0.29, 0.717) is 0 Å². The summed E-state index contributed by atoms with van der Waals surface area (Å²) in [4.78, 5) is 7.82. The maximum absolute atomic E-state index is 10.7. The number of hydrogen-bond donors (Lipinski definition) is 1. The van der Waals surface area contributed by atoms with Crippen LogP contribution in [0.25, 0.3) is 0 Å². The smallest absolute Gasteiger partial charge is 0.115 e. The summed E-state index contributed by atoms with van der Waals surface area (Å²) < 4.78 is 10.7. The van der Waals surface area contributed by atoms with Gasteiger partial charge >= 0.3 is 0 Å². The van der Waals surface area contributed by atoms with E-state index in [1.807, 2.05) is 0 Å². The first kappa shape index (κ1) is 11.3. The quantitative estimate of drug-likeness (QED) is 0.692. The highest BCUT2D eigenvalue weighted by molar-refractivity contribution is 7.84. The minimum Gasteiger partial charge on any atom is -0.313 e. The lowest BCUT2D eigenvalue weighted by Crippen LogP contribution is -2.16. The summed E-state index contributed by atoms with van der Waals surface area (Å²) in [5.41, 5.74) is 1.07. The van der Waals surface area contributed by atoms with Gasteiger partial charge in [-0.1, -0.05) is 0 Å². The molecule has 1 atom stereocenters. The molecule has 0 aliphatic rings. The largest absolute Gasteiger partial charge is 0.313 e. The van der Waals surface area contributed by atoms with Gasteiger partial charge in [-0.2, -0.15) is 0 Å². The standard InChI is InChI=1S/C9H15N3OS/c1-14(13)4-2-3-10-5-9-6-11-8-12-7-9/h6-8,10H,2-5H2,1H3. The summed E-state index contributed by atoms with van der Waals surface area (Å²) in [5, 5.41) is 3.24. The summed E-state index contributed by atoms with van der Waals surface area (Å²) in [6.07, 6.45) is 7.77. The van der Waals surface area contributed by atoms with Gasteiger partial charge in [0, 0.05) is 47.3 Å². The van der Waals surface area contributed by atoms with Crippen molar-refractivity contribution in [1.82, 2.24) is 15.3 Å². The van der Waals surface area contributed by atoms with E-state index in [1.54, 1.807) is 18.6 Å². The van der Waals surface area contributed by atoms with Crippen LogP contribution >= 0.6 is 0 Å². The van der Waals surface area contributed by atoms with Crippen molar-refractivity contribution < 1.29 is 4.21 Å². The molecular weight excluding hydrogens is 198 g/mol. The zero-order valence-corrected chi connectivity index (χ0v) is 9.09. The zero-order chi connectivity index (χ0) is 10.2. The minimum absolute atomic E-state index is 0.678. The second-order valence-corrected chi connectivity index (χ2v) is 4.61. The summed E-state index contributed by atoms with van der Waals surface area (Å²) in [6, 6.07) is 0. The Hall–Kier alpha value is -0.810. The Morgan fingerprint density at radius 1 is 1.43 bits per heavy atom. The average molecular weight is 213 g/mol. The Morgan fingerprint density at radius 2 is 2.14 bits per heavy atom. The maximum atomic E-state index is 10.7. The second kappa shape index (κ2) is 6.62. The van der Waals surface area contributed by atoms with E-state index in [2.05, 4.69) is 15.3 Å². The average Bonchev–Trinajstić information content (AvgIpc) is 2.18. The molecule has 1 heterocycles. The van der Waals surface area contributed by atoms with Crippen LogP contribution in [0.3, 0.4) is 0 Å². The Balaban J connectivity index is 2.08. The van der Waals surface area contributed by atoms with Crippen molar-refractivity contribution >= 4 is 10.8 Å². The third kappa shape index (κ3) is 5.04. The van der Waals surface area contributed by atoms with Crippen LogP contribution in [0, 0.1) is 0 Å². The van der Waals surface area contributed by atoms with Gasteiger partial charge in [-0.15, -0.1) is 0 Å². The van der Waals surface area contributed by atoms with Crippen molar-refractivity contribution in [2.45, 2.75) is 13.0 Å². The number of nitrogens with one attached hydrogen (secondary N) is 1. The maximum Gasteiger partial charge on any atom is 0.115 e. The summed E-state index contributed by atoms with van der Waals surface area (Å²) >= 11 is 0. The number of hydrogen-bond acceptors (Lipinski definition) is 4. The number of aromatic nitrogens is 2. The molecule has 0 saturated heterocycles. The van der Waals surface area contributed by atoms with Crippen LogP contribution in [0.1, 0.15) is 12.0 Å². The van der Waals surface area contributed by atoms with E-state index >= 15 is 0 Å². The third-order valence-electron chi connectivity index (χ3n) is 1.73. The first-order valence-electron chi connectivity index (χ1n) is 4.53. The molecule has 0 amide bonds. The van der Waals surface area contributed by atoms with Crippen molar-refractivity contribution in [2.24, 2.45) is 0 Å². The molecule has 0 saturated carbocycles. The summed E-state index contributed by atoms with van der Waals surface area (Å²) in [5.74, 6) is 0.762. The Labute approximate surface area is 86.6 Å². The van der Waals surface area contributed by atoms with Gasteiger partial charge in [0.1, 0.15) is 6.33 Å². The fraction of sp³-hybridized carbons (Fsp3) is 0.556. The number of nitrogens with zero attached hydrogens (tertiary/aromatic N) is 2. The van der Waals surface area contributed by atoms with Crippen molar-refractivity contribution in [3.63, 3.8) is 0 Å². The van der Waals surface area contributed by atoms with Gasteiger partial charge in [0.05, 0.1) is 0 Å². The second-order valence-electron chi connectivity index (χ2n) is 3.05. The molecule has 78 valence electrons. The van der Waals surface area contributed by atoms with E-state index < -0.39 is 10.8 Å². The fourth-order valence-corrected chi connectivity index (χ4v) is 1.61. The van der Waals surface area contributed by atoms with Crippen LogP contribution in [0.15, 0.2) is 18.7 Å². The topological polar surface area (TPSA) is 54.9 Å². The van der Waals surface area contributed by atoms with Gasteiger partial charge in [-0.25, -0.2) is 9.97 Å². The van der Waals surface area contributed by atoms with Crippen molar-refractivity contribution in [3.8, 4) is 0 Å². The molecule has 4 nitrogen and oxygen atoms in total. The fourth-order valence-electron chi connectivity index (χ4n) is 1.05. The van der Waals surface area contributed by atoms with E-state index in [9.17, 15) is 4.21 Å². The van der Waals surface area contributed by atoms with Crippen LogP contribution in [0.4, 0.5) is 0 Å². The van der Waals surface area contributed by atoms with Crippen LogP contribution < -0.4 is 5.32 Å². The van der Waals surface area contributed by atoms with Gasteiger partial charge in [-0.3, -0.25) is 4.21 Å². The number of rotatable bonds is 6. The molecule has 1 unspecified atom stereocenters. The molecule has 0 aliphatic heterocycles. The molecule has 0 radical (unpaired) electrons. The molecule has 1 aromatic heterocycles. The molecule has 0 spiro atoms. The van der Waals surface area contributed by atoms with E-state index in [0.717, 1.165) is 30.8 Å². The molecule has 1 N–H and O–H groups in total. The lowest BCUT2D eigenvalue weighted by atomic mass is 10.3. The lowest BCUT2D eigenvalue weighted by Gasteiger charge is -2.02. The molecule has 0 bridgehead atoms. The predicted octanol–water partition coefficient (Wildman–Crippen LogP) is 0.335. The van der Waals surface area contributed by atoms with Crippen LogP contribution in [0.5, 0.6) is 0 Å². The van der Waals surface area contributed by atoms with Crippen molar-refractivity contribution in [2.75, 3.05) is 18.6 Å². The molecular formula is C9H15N3OS. The third-order valence-corrected chi connectivity index (χ3v) is 2.59. The SMILES string of the molecule is CS(=O)CCCNCc1cncnc1. The zero-order valence-electron chi connectivity index (χ0n) is 8.27. The Kier molecular flexibility index (Phi) is 5.32. The lowest BCUT2D eigenvalue weighted by molar-refractivity contribution is 0.660. The molecule has 14 heavy (non-hydrogen) atoms. The first-order chi connectivity index (χ1) is 6.79. The molecule has 0 aliphatic carbocycles. The van der Waals surface area contributed by atoms with Crippen molar-refractivity contribution in [3.05, 3.63) is 24.3 Å². The van der Waals surface area contributed by atoms with E-state index in [4.69, 9.17) is 0 Å². The van der Waals surface area contributed by atoms with Crippen LogP contribution in [-0.2, 0) is 17.3 Å². The van der Waals surface area contributed by atoms with Crippen LogP contribution in [-0.4, -0.2) is 32.7 Å². The summed E-state index contributed by atoms with van der Waals surface area (Å²) in [6.45, 7) is 1.66. The molecule has 1 aromatic rings. The van der Waals surface area contributed by atoms with Gasteiger partial charge in [0.2, 0.25) is 0 Å². The van der Waals surface area contributed by atoms with Gasteiger partial charge in [0.15, 0.2) is 0 Å². The Morgan fingerprint density at radius 3 is 2.79 bits per heavy atom. The highest BCUT2D eigenvalue weighted by Gasteiger charge is 1.93. The molecule has 1 rings (SSSR count). The van der Waals surface area contributed by atoms with Gasteiger partial charge < -0.3 is 5.32 Å².